The van der Waals surface area contributed by atoms with Crippen molar-refractivity contribution in [2.24, 2.45) is 5.92 Å². The van der Waals surface area contributed by atoms with Crippen molar-refractivity contribution < 1.29 is 4.39 Å². The van der Waals surface area contributed by atoms with Gasteiger partial charge < -0.3 is 4.90 Å². The van der Waals surface area contributed by atoms with Gasteiger partial charge in [-0.3, -0.25) is 0 Å². The summed E-state index contributed by atoms with van der Waals surface area (Å²) in [6.45, 7) is 5.17. The topological polar surface area (TPSA) is 16.1 Å². The molecule has 0 bridgehead atoms. The smallest absolute Gasteiger partial charge is 0.167 e. The van der Waals surface area contributed by atoms with Gasteiger partial charge in [0.2, 0.25) is 0 Å². The van der Waals surface area contributed by atoms with Gasteiger partial charge >= 0.3 is 0 Å². The number of piperidine rings is 1. The second kappa shape index (κ2) is 4.58. The summed E-state index contributed by atoms with van der Waals surface area (Å²) in [5.74, 6) is 0.699. The SMILES string of the molecule is CC1CCC(C)N(c2ncc(Cl)cc2F)C1. The van der Waals surface area contributed by atoms with E-state index in [1.165, 1.54) is 18.7 Å². The summed E-state index contributed by atoms with van der Waals surface area (Å²) >= 11 is 5.70. The summed E-state index contributed by atoms with van der Waals surface area (Å²) < 4.78 is 13.7. The van der Waals surface area contributed by atoms with Crippen LogP contribution in [0.1, 0.15) is 26.7 Å². The van der Waals surface area contributed by atoms with Crippen molar-refractivity contribution in [3.8, 4) is 0 Å². The molecule has 1 fully saturated rings. The third kappa shape index (κ3) is 2.29. The van der Waals surface area contributed by atoms with Crippen LogP contribution in [0.5, 0.6) is 0 Å². The maximum absolute atomic E-state index is 13.7. The Labute approximate surface area is 100 Å². The molecule has 2 unspecified atom stereocenters. The first-order valence-electron chi connectivity index (χ1n) is 5.65. The third-order valence-electron chi connectivity index (χ3n) is 3.18. The number of nitrogens with zero attached hydrogens (tertiary/aromatic N) is 2. The van der Waals surface area contributed by atoms with E-state index in [1.54, 1.807) is 0 Å². The van der Waals surface area contributed by atoms with E-state index in [0.717, 1.165) is 13.0 Å². The Kier molecular flexibility index (Phi) is 3.33. The number of pyridine rings is 1. The molecule has 4 heteroatoms. The molecule has 0 saturated carbocycles. The van der Waals surface area contributed by atoms with Crippen molar-refractivity contribution in [2.45, 2.75) is 32.7 Å². The van der Waals surface area contributed by atoms with Gasteiger partial charge in [0.05, 0.1) is 5.02 Å². The highest BCUT2D eigenvalue weighted by Crippen LogP contribution is 2.28. The zero-order chi connectivity index (χ0) is 11.7. The van der Waals surface area contributed by atoms with Crippen LogP contribution in [0.2, 0.25) is 5.02 Å². The molecule has 16 heavy (non-hydrogen) atoms. The molecule has 1 aromatic heterocycles. The number of anilines is 1. The zero-order valence-electron chi connectivity index (χ0n) is 9.58. The van der Waals surface area contributed by atoms with Crippen molar-refractivity contribution in [1.82, 2.24) is 4.98 Å². The first kappa shape index (κ1) is 11.6. The number of halogens is 2. The number of hydrogen-bond donors (Lipinski definition) is 0. The van der Waals surface area contributed by atoms with Crippen LogP contribution in [0, 0.1) is 11.7 Å². The van der Waals surface area contributed by atoms with Crippen molar-refractivity contribution in [1.29, 1.82) is 0 Å². The molecule has 0 radical (unpaired) electrons. The van der Waals surface area contributed by atoms with E-state index >= 15 is 0 Å². The van der Waals surface area contributed by atoms with Gasteiger partial charge in [0.25, 0.3) is 0 Å². The molecular weight excluding hydrogens is 227 g/mol. The maximum atomic E-state index is 13.7. The van der Waals surface area contributed by atoms with Crippen LogP contribution >= 0.6 is 11.6 Å². The molecule has 1 aliphatic rings. The monoisotopic (exact) mass is 242 g/mol. The predicted octanol–water partition coefficient (Wildman–Crippen LogP) is 3.50. The Bertz CT molecular complexity index is 383. The third-order valence-corrected chi connectivity index (χ3v) is 3.38. The maximum Gasteiger partial charge on any atom is 0.167 e. The van der Waals surface area contributed by atoms with Gasteiger partial charge in [-0.1, -0.05) is 18.5 Å². The summed E-state index contributed by atoms with van der Waals surface area (Å²) in [7, 11) is 0. The van der Waals surface area contributed by atoms with E-state index in [2.05, 4.69) is 18.8 Å². The summed E-state index contributed by atoms with van der Waals surface area (Å²) in [6.07, 6.45) is 3.80. The lowest BCUT2D eigenvalue weighted by molar-refractivity contribution is 0.384. The highest BCUT2D eigenvalue weighted by molar-refractivity contribution is 6.30. The Balaban J connectivity index is 2.28. The molecule has 2 rings (SSSR count). The molecule has 1 aromatic rings. The molecule has 1 aliphatic heterocycles. The van der Waals surface area contributed by atoms with Crippen LogP contribution in [-0.4, -0.2) is 17.6 Å². The fourth-order valence-electron chi connectivity index (χ4n) is 2.20. The Morgan fingerprint density at radius 1 is 1.44 bits per heavy atom. The molecule has 0 N–H and O–H groups in total. The van der Waals surface area contributed by atoms with Gasteiger partial charge in [0.1, 0.15) is 0 Å². The lowest BCUT2D eigenvalue weighted by Crippen LogP contribution is -2.42. The Morgan fingerprint density at radius 2 is 2.19 bits per heavy atom. The molecule has 88 valence electrons. The highest BCUT2D eigenvalue weighted by atomic mass is 35.5. The minimum atomic E-state index is -0.326. The summed E-state index contributed by atoms with van der Waals surface area (Å²) in [6, 6.07) is 1.68. The van der Waals surface area contributed by atoms with Crippen LogP contribution in [0.4, 0.5) is 10.2 Å². The van der Waals surface area contributed by atoms with Crippen LogP contribution in [0.25, 0.3) is 0 Å². The summed E-state index contributed by atoms with van der Waals surface area (Å²) in [5, 5.41) is 0.346. The van der Waals surface area contributed by atoms with Gasteiger partial charge in [0.15, 0.2) is 11.6 Å². The van der Waals surface area contributed by atoms with Gasteiger partial charge in [-0.15, -0.1) is 0 Å². The van der Waals surface area contributed by atoms with Crippen LogP contribution in [0.15, 0.2) is 12.3 Å². The van der Waals surface area contributed by atoms with Crippen LogP contribution < -0.4 is 4.90 Å². The minimum absolute atomic E-state index is 0.326. The first-order valence-corrected chi connectivity index (χ1v) is 6.03. The van der Waals surface area contributed by atoms with Crippen molar-refractivity contribution in [3.05, 3.63) is 23.1 Å². The Hall–Kier alpha value is -0.830. The summed E-state index contributed by atoms with van der Waals surface area (Å²) in [4.78, 5) is 6.15. The first-order chi connectivity index (χ1) is 7.58. The lowest BCUT2D eigenvalue weighted by atomic mass is 9.95. The van der Waals surface area contributed by atoms with E-state index in [4.69, 9.17) is 11.6 Å². The molecule has 0 amide bonds. The average molecular weight is 243 g/mol. The number of rotatable bonds is 1. The number of aromatic nitrogens is 1. The molecular formula is C12H16ClFN2. The van der Waals surface area contributed by atoms with Crippen LogP contribution in [0.3, 0.4) is 0 Å². The van der Waals surface area contributed by atoms with Gasteiger partial charge in [-0.05, 0) is 31.7 Å². The highest BCUT2D eigenvalue weighted by Gasteiger charge is 2.25. The Morgan fingerprint density at radius 3 is 2.88 bits per heavy atom. The minimum Gasteiger partial charge on any atom is -0.351 e. The van der Waals surface area contributed by atoms with Crippen LogP contribution in [-0.2, 0) is 0 Å². The zero-order valence-corrected chi connectivity index (χ0v) is 10.3. The van der Waals surface area contributed by atoms with Gasteiger partial charge in [-0.2, -0.15) is 0 Å². The molecule has 0 spiro atoms. The van der Waals surface area contributed by atoms with Gasteiger partial charge in [-0.25, -0.2) is 9.37 Å². The average Bonchev–Trinajstić information content (AvgIpc) is 2.22. The van der Waals surface area contributed by atoms with E-state index in [1.807, 2.05) is 4.90 Å². The van der Waals surface area contributed by atoms with Crippen molar-refractivity contribution in [2.75, 3.05) is 11.4 Å². The van der Waals surface area contributed by atoms with E-state index < -0.39 is 0 Å². The molecule has 2 nitrogen and oxygen atoms in total. The molecule has 0 aromatic carbocycles. The molecule has 2 atom stereocenters. The largest absolute Gasteiger partial charge is 0.351 e. The van der Waals surface area contributed by atoms with Gasteiger partial charge in [0, 0.05) is 18.8 Å². The second-order valence-electron chi connectivity index (χ2n) is 4.64. The standard InChI is InChI=1S/C12H16ClFN2/c1-8-3-4-9(2)16(7-8)12-11(14)5-10(13)6-15-12/h5-6,8-9H,3-4,7H2,1-2H3. The normalized spacial score (nSPS) is 25.9. The second-order valence-corrected chi connectivity index (χ2v) is 5.08. The molecule has 1 saturated heterocycles. The van der Waals surface area contributed by atoms with E-state index in [-0.39, 0.29) is 5.82 Å². The molecule has 2 heterocycles. The molecule has 0 aliphatic carbocycles. The quantitative estimate of drug-likeness (QED) is 0.749. The van der Waals surface area contributed by atoms with E-state index in [9.17, 15) is 4.39 Å². The fourth-order valence-corrected chi connectivity index (χ4v) is 2.35. The van der Waals surface area contributed by atoms with Crippen molar-refractivity contribution >= 4 is 17.4 Å². The van der Waals surface area contributed by atoms with E-state index in [0.29, 0.717) is 22.8 Å². The summed E-state index contributed by atoms with van der Waals surface area (Å²) in [5.41, 5.74) is 0. The predicted molar refractivity (Wildman–Crippen MR) is 64.4 cm³/mol. The lowest BCUT2D eigenvalue weighted by Gasteiger charge is -2.37. The number of hydrogen-bond acceptors (Lipinski definition) is 2. The fraction of sp³-hybridized carbons (Fsp3) is 0.583. The van der Waals surface area contributed by atoms with Crippen molar-refractivity contribution in [3.63, 3.8) is 0 Å².